The summed E-state index contributed by atoms with van der Waals surface area (Å²) >= 11 is 0. The molecular formula is C26H30N6O2S. The quantitative estimate of drug-likeness (QED) is 0.162. The van der Waals surface area contributed by atoms with E-state index in [-0.39, 0.29) is 10.7 Å². The zero-order valence-electron chi connectivity index (χ0n) is 20.1. The molecule has 0 heterocycles. The molecule has 3 rings (SSSR count). The standard InChI is InChI=1S/C26H30N6O2S/c1-4-5-6-25(27)20-9-13-22(14-10-20)29-31-32(3)23-15-11-21(12-16-23)26(28)30-35(33,34)24-17-7-19(2)8-18-24/h7-18,27H,4-6H2,1-3H3,(H2,28,30). The van der Waals surface area contributed by atoms with Gasteiger partial charge in [-0.15, -0.1) is 9.51 Å². The summed E-state index contributed by atoms with van der Waals surface area (Å²) in [5.74, 6) is -0.0917. The summed E-state index contributed by atoms with van der Waals surface area (Å²) < 4.78 is 28.8. The number of benzene rings is 3. The van der Waals surface area contributed by atoms with Crippen molar-refractivity contribution in [3.05, 3.63) is 89.5 Å². The molecule has 0 saturated heterocycles. The first-order valence-corrected chi connectivity index (χ1v) is 12.7. The smallest absolute Gasteiger partial charge is 0.284 e. The molecule has 0 aliphatic rings. The molecule has 3 aromatic carbocycles. The van der Waals surface area contributed by atoms with Gasteiger partial charge in [0.05, 0.1) is 16.3 Å². The summed E-state index contributed by atoms with van der Waals surface area (Å²) in [5, 5.41) is 18.2. The Kier molecular flexibility index (Phi) is 8.48. The molecule has 0 aliphatic carbocycles. The largest absolute Gasteiger partial charge is 0.383 e. The van der Waals surface area contributed by atoms with Crippen LogP contribution in [-0.4, -0.2) is 27.0 Å². The second-order valence-electron chi connectivity index (χ2n) is 8.15. The highest BCUT2D eigenvalue weighted by Gasteiger charge is 2.14. The highest BCUT2D eigenvalue weighted by atomic mass is 32.2. The van der Waals surface area contributed by atoms with E-state index in [1.807, 2.05) is 31.2 Å². The molecule has 0 aliphatic heterocycles. The fourth-order valence-electron chi connectivity index (χ4n) is 3.19. The number of hydrogen-bond donors (Lipinski definition) is 2. The van der Waals surface area contributed by atoms with Gasteiger partial charge in [0.25, 0.3) is 10.0 Å². The fourth-order valence-corrected chi connectivity index (χ4v) is 4.14. The van der Waals surface area contributed by atoms with E-state index in [0.29, 0.717) is 17.0 Å². The third kappa shape index (κ3) is 7.07. The van der Waals surface area contributed by atoms with Crippen LogP contribution in [0.3, 0.4) is 0 Å². The summed E-state index contributed by atoms with van der Waals surface area (Å²) in [6.07, 6.45) is 2.83. The Labute approximate surface area is 206 Å². The number of rotatable bonds is 10. The van der Waals surface area contributed by atoms with E-state index < -0.39 is 10.0 Å². The first-order valence-electron chi connectivity index (χ1n) is 11.3. The van der Waals surface area contributed by atoms with Crippen molar-refractivity contribution < 1.29 is 8.42 Å². The van der Waals surface area contributed by atoms with E-state index in [9.17, 15) is 8.42 Å². The Balaban J connectivity index is 1.66. The molecular weight excluding hydrogens is 460 g/mol. The van der Waals surface area contributed by atoms with Gasteiger partial charge in [-0.1, -0.05) is 48.4 Å². The van der Waals surface area contributed by atoms with E-state index in [1.165, 1.54) is 12.1 Å². The zero-order valence-corrected chi connectivity index (χ0v) is 21.0. The van der Waals surface area contributed by atoms with Gasteiger partial charge in [-0.05, 0) is 73.9 Å². The lowest BCUT2D eigenvalue weighted by atomic mass is 10.0. The van der Waals surface area contributed by atoms with Gasteiger partial charge in [0.1, 0.15) is 5.84 Å². The topological polar surface area (TPSA) is 124 Å². The van der Waals surface area contributed by atoms with E-state index in [0.717, 1.165) is 36.1 Å². The number of sulfonamides is 1. The van der Waals surface area contributed by atoms with Gasteiger partial charge in [-0.25, -0.2) is 5.01 Å². The van der Waals surface area contributed by atoms with Crippen molar-refractivity contribution in [1.82, 2.24) is 0 Å². The summed E-state index contributed by atoms with van der Waals surface area (Å²) in [4.78, 5) is 0.0913. The molecule has 0 aromatic heterocycles. The molecule has 3 N–H and O–H groups in total. The highest BCUT2D eigenvalue weighted by molar-refractivity contribution is 7.90. The molecule has 0 amide bonds. The predicted molar refractivity (Wildman–Crippen MR) is 141 cm³/mol. The van der Waals surface area contributed by atoms with Crippen LogP contribution in [0.25, 0.3) is 0 Å². The third-order valence-corrected chi connectivity index (χ3v) is 6.67. The summed E-state index contributed by atoms with van der Waals surface area (Å²) in [7, 11) is -2.14. The monoisotopic (exact) mass is 490 g/mol. The second-order valence-corrected chi connectivity index (χ2v) is 9.76. The Morgan fingerprint density at radius 2 is 1.54 bits per heavy atom. The van der Waals surface area contributed by atoms with E-state index in [2.05, 4.69) is 21.7 Å². The van der Waals surface area contributed by atoms with Gasteiger partial charge in [-0.3, -0.25) is 0 Å². The number of nitrogens with zero attached hydrogens (tertiary/aromatic N) is 4. The van der Waals surface area contributed by atoms with Gasteiger partial charge >= 0.3 is 0 Å². The van der Waals surface area contributed by atoms with Crippen LogP contribution >= 0.6 is 0 Å². The number of nitrogens with two attached hydrogens (primary N) is 1. The fraction of sp³-hybridized carbons (Fsp3) is 0.231. The molecule has 0 spiro atoms. The molecule has 0 unspecified atom stereocenters. The Morgan fingerprint density at radius 3 is 2.14 bits per heavy atom. The first kappa shape index (κ1) is 25.8. The third-order valence-electron chi connectivity index (χ3n) is 5.36. The Hall–Kier alpha value is -3.85. The van der Waals surface area contributed by atoms with E-state index in [4.69, 9.17) is 11.1 Å². The van der Waals surface area contributed by atoms with Gasteiger partial charge in [0, 0.05) is 18.3 Å². The van der Waals surface area contributed by atoms with Crippen molar-refractivity contribution >= 4 is 32.9 Å². The van der Waals surface area contributed by atoms with Gasteiger partial charge in [0.15, 0.2) is 0 Å². The molecule has 35 heavy (non-hydrogen) atoms. The summed E-state index contributed by atoms with van der Waals surface area (Å²) in [6, 6.07) is 20.8. The maximum atomic E-state index is 12.5. The van der Waals surface area contributed by atoms with Crippen molar-refractivity contribution in [3.63, 3.8) is 0 Å². The van der Waals surface area contributed by atoms with Gasteiger partial charge in [0.2, 0.25) is 0 Å². The number of anilines is 1. The van der Waals surface area contributed by atoms with Gasteiger partial charge < -0.3 is 11.1 Å². The van der Waals surface area contributed by atoms with Gasteiger partial charge in [-0.2, -0.15) is 8.42 Å². The number of amidine groups is 1. The molecule has 8 nitrogen and oxygen atoms in total. The van der Waals surface area contributed by atoms with Crippen LogP contribution < -0.4 is 10.7 Å². The zero-order chi connectivity index (χ0) is 25.4. The molecule has 0 fully saturated rings. The summed E-state index contributed by atoms with van der Waals surface area (Å²) in [6.45, 7) is 3.99. The Bertz CT molecular complexity index is 1310. The SMILES string of the molecule is CCCCC(=N)c1ccc(N=NN(C)c2ccc(C(N)=NS(=O)(=O)c3ccc(C)cc3)cc2)cc1. The first-order chi connectivity index (χ1) is 16.7. The van der Waals surface area contributed by atoms with Crippen LogP contribution in [0.4, 0.5) is 11.4 Å². The minimum Gasteiger partial charge on any atom is -0.383 e. The maximum Gasteiger partial charge on any atom is 0.284 e. The molecule has 182 valence electrons. The minimum atomic E-state index is -3.90. The van der Waals surface area contributed by atoms with Crippen LogP contribution in [0.15, 0.2) is 92.4 Å². The molecule has 9 heteroatoms. The van der Waals surface area contributed by atoms with Crippen molar-refractivity contribution in [2.24, 2.45) is 20.5 Å². The van der Waals surface area contributed by atoms with Crippen LogP contribution in [-0.2, 0) is 10.0 Å². The van der Waals surface area contributed by atoms with E-state index >= 15 is 0 Å². The van der Waals surface area contributed by atoms with Crippen molar-refractivity contribution in [2.45, 2.75) is 38.0 Å². The summed E-state index contributed by atoms with van der Waals surface area (Å²) in [5.41, 5.74) is 10.3. The molecule has 0 radical (unpaired) electrons. The van der Waals surface area contributed by atoms with Crippen molar-refractivity contribution in [2.75, 3.05) is 12.1 Å². The average Bonchev–Trinajstić information content (AvgIpc) is 2.86. The van der Waals surface area contributed by atoms with Crippen LogP contribution in [0.2, 0.25) is 0 Å². The molecule has 3 aromatic rings. The van der Waals surface area contributed by atoms with Crippen LogP contribution in [0.1, 0.15) is 42.9 Å². The normalized spacial score (nSPS) is 12.1. The van der Waals surface area contributed by atoms with Crippen molar-refractivity contribution in [3.8, 4) is 0 Å². The number of nitrogens with one attached hydrogen (secondary N) is 1. The molecule has 0 bridgehead atoms. The predicted octanol–water partition coefficient (Wildman–Crippen LogP) is 5.78. The lowest BCUT2D eigenvalue weighted by molar-refractivity contribution is 0.598. The van der Waals surface area contributed by atoms with Crippen molar-refractivity contribution in [1.29, 1.82) is 5.41 Å². The Morgan fingerprint density at radius 1 is 0.943 bits per heavy atom. The average molecular weight is 491 g/mol. The van der Waals surface area contributed by atoms with Crippen LogP contribution in [0, 0.1) is 12.3 Å². The number of unbranched alkanes of at least 4 members (excludes halogenated alkanes) is 1. The highest BCUT2D eigenvalue weighted by Crippen LogP contribution is 2.20. The number of hydrogen-bond acceptors (Lipinski definition) is 5. The lowest BCUT2D eigenvalue weighted by Crippen LogP contribution is -2.16. The second kappa shape index (κ2) is 11.5. The molecule has 0 saturated carbocycles. The molecule has 0 atom stereocenters. The van der Waals surface area contributed by atoms with E-state index in [1.54, 1.807) is 48.5 Å². The lowest BCUT2D eigenvalue weighted by Gasteiger charge is -2.12. The number of aryl methyl sites for hydroxylation is 1. The minimum absolute atomic E-state index is 0.0913. The van der Waals surface area contributed by atoms with Crippen LogP contribution in [0.5, 0.6) is 0 Å². The maximum absolute atomic E-state index is 12.5.